The number of amides is 2. The summed E-state index contributed by atoms with van der Waals surface area (Å²) in [6, 6.07) is 15.9. The number of anilines is 1. The van der Waals surface area contributed by atoms with Crippen molar-refractivity contribution in [1.82, 2.24) is 24.0 Å². The summed E-state index contributed by atoms with van der Waals surface area (Å²) >= 11 is 0. The van der Waals surface area contributed by atoms with Gasteiger partial charge in [0.2, 0.25) is 0 Å². The number of carbonyl (C=O) groups is 2. The van der Waals surface area contributed by atoms with Gasteiger partial charge in [-0.05, 0) is 92.5 Å². The van der Waals surface area contributed by atoms with Gasteiger partial charge < -0.3 is 29.2 Å². The number of ether oxygens (including phenoxy) is 2. The normalized spacial score (nSPS) is 20.4. The molecule has 2 saturated carbocycles. The molecule has 2 amide bonds. The number of rotatable bonds is 7. The highest BCUT2D eigenvalue weighted by molar-refractivity contribution is 6.00. The Labute approximate surface area is 272 Å². The molecule has 3 aromatic heterocycles. The van der Waals surface area contributed by atoms with Gasteiger partial charge in [0.25, 0.3) is 5.91 Å². The molecular formula is C36H39N7O4. The number of carbonyl (C=O) groups excluding carboxylic acids is 2. The molecular weight excluding hydrogens is 594 g/mol. The maximum atomic E-state index is 13.8. The number of benzene rings is 2. The highest BCUT2D eigenvalue weighted by Crippen LogP contribution is 2.40. The van der Waals surface area contributed by atoms with Crippen molar-refractivity contribution >= 4 is 39.8 Å². The number of likely N-dealkylation sites (tertiary alicyclic amines) is 1. The molecule has 5 aromatic rings. The van der Waals surface area contributed by atoms with Gasteiger partial charge in [-0.15, -0.1) is 0 Å². The Bertz CT molecular complexity index is 2080. The van der Waals surface area contributed by atoms with Crippen LogP contribution in [0.15, 0.2) is 48.5 Å². The number of aromatic nitrogens is 4. The third-order valence-corrected chi connectivity index (χ3v) is 10.4. The van der Waals surface area contributed by atoms with Crippen molar-refractivity contribution in [2.24, 2.45) is 24.6 Å². The number of nitrogens with two attached hydrogens (primary N) is 1. The zero-order chi connectivity index (χ0) is 32.6. The number of hydrogen-bond donors (Lipinski definition) is 2. The van der Waals surface area contributed by atoms with Gasteiger partial charge >= 0.3 is 6.09 Å². The van der Waals surface area contributed by atoms with Crippen LogP contribution in [0.25, 0.3) is 44.8 Å². The quantitative estimate of drug-likeness (QED) is 0.234. The number of nitrogens with zero attached hydrogens (tertiary/aromatic N) is 5. The number of aryl methyl sites for hydroxylation is 2. The Kier molecular flexibility index (Phi) is 6.98. The van der Waals surface area contributed by atoms with Crippen LogP contribution in [0.4, 0.5) is 10.5 Å². The largest absolute Gasteiger partial charge is 0.494 e. The van der Waals surface area contributed by atoms with Crippen molar-refractivity contribution in [3.63, 3.8) is 0 Å². The van der Waals surface area contributed by atoms with E-state index in [1.54, 1.807) is 7.11 Å². The van der Waals surface area contributed by atoms with Gasteiger partial charge in [-0.25, -0.2) is 14.8 Å². The van der Waals surface area contributed by atoms with Crippen molar-refractivity contribution < 1.29 is 19.1 Å². The zero-order valence-electron chi connectivity index (χ0n) is 27.1. The SMILES string of the molecule is COC(=O)Nc1ccc(-c2ccc3cc(-c4nc5cc(C(=O)N6CC7CCC6C7N)cc(OC)c5n4C)n(CC4CC4)c3n2)c(C)c1. The Morgan fingerprint density at radius 3 is 2.53 bits per heavy atom. The van der Waals surface area contributed by atoms with Crippen molar-refractivity contribution in [3.8, 4) is 28.5 Å². The van der Waals surface area contributed by atoms with Gasteiger partial charge in [0, 0.05) is 54.4 Å². The lowest BCUT2D eigenvalue weighted by Crippen LogP contribution is -2.41. The van der Waals surface area contributed by atoms with Crippen LogP contribution in [0.2, 0.25) is 0 Å². The first-order valence-electron chi connectivity index (χ1n) is 16.3. The second-order valence-electron chi connectivity index (χ2n) is 13.3. The molecule has 3 unspecified atom stereocenters. The summed E-state index contributed by atoms with van der Waals surface area (Å²) in [4.78, 5) is 37.7. The lowest BCUT2D eigenvalue weighted by Gasteiger charge is -2.27. The van der Waals surface area contributed by atoms with Crippen LogP contribution in [-0.4, -0.2) is 68.9 Å². The summed E-state index contributed by atoms with van der Waals surface area (Å²) in [5, 5.41) is 3.75. The number of hydrogen-bond acceptors (Lipinski definition) is 7. The summed E-state index contributed by atoms with van der Waals surface area (Å²) < 4.78 is 15.0. The molecule has 3 N–H and O–H groups in total. The van der Waals surface area contributed by atoms with Gasteiger partial charge in [-0.1, -0.05) is 6.07 Å². The van der Waals surface area contributed by atoms with E-state index in [2.05, 4.69) is 26.6 Å². The van der Waals surface area contributed by atoms with Crippen LogP contribution in [-0.2, 0) is 18.3 Å². The van der Waals surface area contributed by atoms with Crippen molar-refractivity contribution in [2.45, 2.75) is 51.2 Å². The summed E-state index contributed by atoms with van der Waals surface area (Å²) in [6.45, 7) is 3.56. The third kappa shape index (κ3) is 4.91. The minimum absolute atomic E-state index is 0.0102. The lowest BCUT2D eigenvalue weighted by molar-refractivity contribution is 0.0700. The van der Waals surface area contributed by atoms with E-state index in [9.17, 15) is 9.59 Å². The second-order valence-corrected chi connectivity index (χ2v) is 13.3. The maximum Gasteiger partial charge on any atom is 0.411 e. The van der Waals surface area contributed by atoms with Crippen LogP contribution in [0.3, 0.4) is 0 Å². The van der Waals surface area contributed by atoms with Crippen molar-refractivity contribution in [3.05, 3.63) is 59.7 Å². The number of methoxy groups -OCH3 is 2. The van der Waals surface area contributed by atoms with Crippen LogP contribution >= 0.6 is 0 Å². The van der Waals surface area contributed by atoms with Crippen LogP contribution in [0, 0.1) is 18.8 Å². The fourth-order valence-electron chi connectivity index (χ4n) is 7.67. The maximum absolute atomic E-state index is 13.8. The molecule has 4 heterocycles. The van der Waals surface area contributed by atoms with Gasteiger partial charge in [0.1, 0.15) is 16.9 Å². The van der Waals surface area contributed by atoms with Gasteiger partial charge in [-0.2, -0.15) is 0 Å². The van der Waals surface area contributed by atoms with Crippen LogP contribution in [0.5, 0.6) is 5.75 Å². The highest BCUT2D eigenvalue weighted by atomic mass is 16.5. The predicted octanol–water partition coefficient (Wildman–Crippen LogP) is 5.72. The minimum atomic E-state index is -0.507. The number of fused-ring (bicyclic) bond motifs is 4. The molecule has 0 spiro atoms. The van der Waals surface area contributed by atoms with Crippen molar-refractivity contribution in [1.29, 1.82) is 0 Å². The Morgan fingerprint density at radius 2 is 1.85 bits per heavy atom. The first-order valence-corrected chi connectivity index (χ1v) is 16.3. The minimum Gasteiger partial charge on any atom is -0.494 e. The average Bonchev–Trinajstić information content (AvgIpc) is 3.48. The molecule has 3 fully saturated rings. The van der Waals surface area contributed by atoms with E-state index in [0.717, 1.165) is 64.3 Å². The molecule has 242 valence electrons. The Morgan fingerprint density at radius 1 is 1.02 bits per heavy atom. The third-order valence-electron chi connectivity index (χ3n) is 10.4. The van der Waals surface area contributed by atoms with Gasteiger partial charge in [-0.3, -0.25) is 10.1 Å². The van der Waals surface area contributed by atoms with E-state index in [0.29, 0.717) is 40.9 Å². The summed E-state index contributed by atoms with van der Waals surface area (Å²) in [6.07, 6.45) is 3.93. The van der Waals surface area contributed by atoms with E-state index in [1.807, 2.05) is 55.3 Å². The fraction of sp³-hybridized carbons (Fsp3) is 0.389. The Balaban J connectivity index is 1.20. The van der Waals surface area contributed by atoms with Crippen LogP contribution in [0.1, 0.15) is 41.6 Å². The summed E-state index contributed by atoms with van der Waals surface area (Å²) in [7, 11) is 4.98. The standard InChI is InChI=1S/C36H39N7O4/c1-19-13-24(38-36(45)47-4)9-10-25(19)26-11-7-21-15-29(42(33(21)39-26)17-20-5-6-20)34-40-27-14-23(16-30(46-3)32(27)41(34)2)35(44)43-18-22-8-12-28(43)31(22)37/h7,9-11,13-16,20,22,28,31H,5-6,8,12,17-18,37H2,1-4H3,(H,38,45). The molecule has 3 atom stereocenters. The van der Waals surface area contributed by atoms with Gasteiger partial charge in [0.05, 0.1) is 31.1 Å². The summed E-state index contributed by atoms with van der Waals surface area (Å²) in [5.41, 5.74) is 13.9. The average molecular weight is 634 g/mol. The zero-order valence-corrected chi connectivity index (χ0v) is 27.1. The van der Waals surface area contributed by atoms with E-state index in [4.69, 9.17) is 25.2 Å². The fourth-order valence-corrected chi connectivity index (χ4v) is 7.67. The molecule has 8 rings (SSSR count). The molecule has 1 aliphatic heterocycles. The molecule has 2 aliphatic carbocycles. The molecule has 2 bridgehead atoms. The van der Waals surface area contributed by atoms with E-state index >= 15 is 0 Å². The first kappa shape index (κ1) is 29.5. The van der Waals surface area contributed by atoms with E-state index in [1.165, 1.54) is 20.0 Å². The number of pyridine rings is 1. The number of imidazole rings is 1. The molecule has 0 radical (unpaired) electrons. The van der Waals surface area contributed by atoms with E-state index < -0.39 is 6.09 Å². The first-order chi connectivity index (χ1) is 22.7. The lowest BCUT2D eigenvalue weighted by atomic mass is 10.0. The molecule has 11 heteroatoms. The van der Waals surface area contributed by atoms with Gasteiger partial charge in [0.15, 0.2) is 5.82 Å². The monoisotopic (exact) mass is 633 g/mol. The smallest absolute Gasteiger partial charge is 0.411 e. The highest BCUT2D eigenvalue weighted by Gasteiger charge is 2.47. The molecule has 3 aliphatic rings. The topological polar surface area (TPSA) is 130 Å². The molecule has 2 aromatic carbocycles. The molecule has 11 nitrogen and oxygen atoms in total. The Hall–Kier alpha value is -4.90. The number of piperidine rings is 1. The number of nitrogens with one attached hydrogen (secondary N) is 1. The molecule has 1 saturated heterocycles. The van der Waals surface area contributed by atoms with Crippen molar-refractivity contribution in [2.75, 3.05) is 26.1 Å². The second kappa shape index (κ2) is 11.1. The predicted molar refractivity (Wildman–Crippen MR) is 180 cm³/mol. The summed E-state index contributed by atoms with van der Waals surface area (Å²) in [5.74, 6) is 2.37. The van der Waals surface area contributed by atoms with E-state index in [-0.39, 0.29) is 18.0 Å². The van der Waals surface area contributed by atoms with Crippen LogP contribution < -0.4 is 15.8 Å². The molecule has 47 heavy (non-hydrogen) atoms.